The summed E-state index contributed by atoms with van der Waals surface area (Å²) in [7, 11) is 1.66. The maximum atomic E-state index is 13.0. The molecule has 154 valence electrons. The Morgan fingerprint density at radius 3 is 2.57 bits per heavy atom. The van der Waals surface area contributed by atoms with Gasteiger partial charge in [0.15, 0.2) is 4.96 Å². The van der Waals surface area contributed by atoms with E-state index in [0.29, 0.717) is 0 Å². The van der Waals surface area contributed by atoms with Gasteiger partial charge in [-0.1, -0.05) is 18.3 Å². The number of carbonyl (C=O) groups excluding carboxylic acids is 1. The summed E-state index contributed by atoms with van der Waals surface area (Å²) in [5, 5.41) is 0. The number of rotatable bonds is 4. The summed E-state index contributed by atoms with van der Waals surface area (Å²) in [6, 6.07) is 13.9. The Labute approximate surface area is 179 Å². The van der Waals surface area contributed by atoms with Gasteiger partial charge in [0.1, 0.15) is 5.75 Å². The van der Waals surface area contributed by atoms with Crippen LogP contribution >= 0.6 is 11.3 Å². The molecule has 0 radical (unpaired) electrons. The predicted molar refractivity (Wildman–Crippen MR) is 121 cm³/mol. The number of thiazole rings is 1. The molecule has 1 fully saturated rings. The second-order valence-corrected chi connectivity index (χ2v) is 8.53. The van der Waals surface area contributed by atoms with Gasteiger partial charge in [-0.25, -0.2) is 4.98 Å². The fourth-order valence-corrected chi connectivity index (χ4v) is 5.03. The van der Waals surface area contributed by atoms with Gasteiger partial charge in [0.2, 0.25) is 0 Å². The average Bonchev–Trinajstić information content (AvgIpc) is 3.36. The van der Waals surface area contributed by atoms with Gasteiger partial charge in [-0.05, 0) is 49.0 Å². The lowest BCUT2D eigenvalue weighted by atomic mass is 10.1. The van der Waals surface area contributed by atoms with Crippen molar-refractivity contribution in [3.8, 4) is 17.0 Å². The maximum absolute atomic E-state index is 13.0. The summed E-state index contributed by atoms with van der Waals surface area (Å²) in [6.45, 7) is 6.70. The SMILES string of the molecule is CCN1CCN(C(=O)c2ccc3c(c2)sc2nc(-c4ccc(OC)cc4)cn23)CC1. The van der Waals surface area contributed by atoms with E-state index < -0.39 is 0 Å². The molecule has 0 atom stereocenters. The largest absolute Gasteiger partial charge is 0.497 e. The van der Waals surface area contributed by atoms with E-state index in [0.717, 1.165) is 70.5 Å². The number of imidazole rings is 1. The van der Waals surface area contributed by atoms with Crippen LogP contribution in [0.2, 0.25) is 0 Å². The van der Waals surface area contributed by atoms with Crippen molar-refractivity contribution in [1.82, 2.24) is 19.2 Å². The highest BCUT2D eigenvalue weighted by atomic mass is 32.1. The third-order valence-corrected chi connectivity index (χ3v) is 6.85. The second kappa shape index (κ2) is 7.74. The van der Waals surface area contributed by atoms with Crippen LogP contribution in [0, 0.1) is 0 Å². The van der Waals surface area contributed by atoms with Gasteiger partial charge in [0.25, 0.3) is 5.91 Å². The molecular formula is C23H24N4O2S. The number of ether oxygens (including phenoxy) is 1. The second-order valence-electron chi connectivity index (χ2n) is 7.52. The Morgan fingerprint density at radius 1 is 1.10 bits per heavy atom. The number of fused-ring (bicyclic) bond motifs is 3. The number of carbonyl (C=O) groups is 1. The molecule has 1 aliphatic rings. The van der Waals surface area contributed by atoms with Gasteiger partial charge in [-0.2, -0.15) is 0 Å². The minimum atomic E-state index is 0.123. The summed E-state index contributed by atoms with van der Waals surface area (Å²) in [5.74, 6) is 0.955. The zero-order valence-electron chi connectivity index (χ0n) is 17.2. The van der Waals surface area contributed by atoms with E-state index in [4.69, 9.17) is 9.72 Å². The quantitative estimate of drug-likeness (QED) is 0.501. The first kappa shape index (κ1) is 19.1. The van der Waals surface area contributed by atoms with Crippen LogP contribution in [0.4, 0.5) is 0 Å². The Balaban J connectivity index is 1.42. The van der Waals surface area contributed by atoms with Crippen LogP contribution in [0.1, 0.15) is 17.3 Å². The van der Waals surface area contributed by atoms with Crippen molar-refractivity contribution in [1.29, 1.82) is 0 Å². The molecule has 1 amide bonds. The Kier molecular flexibility index (Phi) is 4.92. The van der Waals surface area contributed by atoms with Crippen LogP contribution < -0.4 is 4.74 Å². The number of methoxy groups -OCH3 is 1. The molecule has 1 aliphatic heterocycles. The molecule has 7 heteroatoms. The lowest BCUT2D eigenvalue weighted by molar-refractivity contribution is 0.0643. The molecule has 0 aliphatic carbocycles. The summed E-state index contributed by atoms with van der Waals surface area (Å²) < 4.78 is 8.42. The zero-order valence-corrected chi connectivity index (χ0v) is 18.0. The molecule has 5 rings (SSSR count). The number of piperazine rings is 1. The lowest BCUT2D eigenvalue weighted by Gasteiger charge is -2.34. The minimum Gasteiger partial charge on any atom is -0.497 e. The number of aromatic nitrogens is 2. The van der Waals surface area contributed by atoms with Crippen molar-refractivity contribution in [2.24, 2.45) is 0 Å². The number of hydrogen-bond donors (Lipinski definition) is 0. The monoisotopic (exact) mass is 420 g/mol. The van der Waals surface area contributed by atoms with Gasteiger partial charge in [0.05, 0.1) is 23.0 Å². The lowest BCUT2D eigenvalue weighted by Crippen LogP contribution is -2.48. The molecule has 1 saturated heterocycles. The van der Waals surface area contributed by atoms with Crippen molar-refractivity contribution in [2.45, 2.75) is 6.92 Å². The highest BCUT2D eigenvalue weighted by molar-refractivity contribution is 7.23. The van der Waals surface area contributed by atoms with E-state index >= 15 is 0 Å². The van der Waals surface area contributed by atoms with Crippen molar-refractivity contribution in [2.75, 3.05) is 39.8 Å². The Bertz CT molecular complexity index is 1200. The average molecular weight is 421 g/mol. The molecule has 2 aromatic carbocycles. The van der Waals surface area contributed by atoms with Gasteiger partial charge in [-0.15, -0.1) is 0 Å². The van der Waals surface area contributed by atoms with E-state index in [9.17, 15) is 4.79 Å². The molecular weight excluding hydrogens is 396 g/mol. The first-order valence-electron chi connectivity index (χ1n) is 10.2. The molecule has 4 aromatic rings. The minimum absolute atomic E-state index is 0.123. The van der Waals surface area contributed by atoms with Crippen LogP contribution in [0.5, 0.6) is 5.75 Å². The van der Waals surface area contributed by atoms with Gasteiger partial charge in [-0.3, -0.25) is 9.20 Å². The fourth-order valence-electron chi connectivity index (χ4n) is 3.98. The van der Waals surface area contributed by atoms with E-state index in [1.165, 1.54) is 0 Å². The highest BCUT2D eigenvalue weighted by Crippen LogP contribution is 2.31. The first-order valence-corrected chi connectivity index (χ1v) is 11.1. The number of benzene rings is 2. The fraction of sp³-hybridized carbons (Fsp3) is 0.304. The zero-order chi connectivity index (χ0) is 20.7. The number of nitrogens with zero attached hydrogens (tertiary/aromatic N) is 4. The van der Waals surface area contributed by atoms with Gasteiger partial charge in [0, 0.05) is 43.5 Å². The van der Waals surface area contributed by atoms with Crippen LogP contribution in [-0.2, 0) is 0 Å². The third-order valence-electron chi connectivity index (χ3n) is 5.83. The Morgan fingerprint density at radius 2 is 1.87 bits per heavy atom. The van der Waals surface area contributed by atoms with Crippen LogP contribution in [-0.4, -0.2) is 64.9 Å². The van der Waals surface area contributed by atoms with E-state index in [1.807, 2.05) is 47.4 Å². The Hall–Kier alpha value is -2.90. The normalized spacial score (nSPS) is 15.2. The van der Waals surface area contributed by atoms with Crippen LogP contribution in [0.25, 0.3) is 26.4 Å². The topological polar surface area (TPSA) is 50.1 Å². The summed E-state index contributed by atoms with van der Waals surface area (Å²) in [5.41, 5.74) is 3.82. The maximum Gasteiger partial charge on any atom is 0.253 e. The molecule has 0 spiro atoms. The van der Waals surface area contributed by atoms with E-state index in [2.05, 4.69) is 22.4 Å². The molecule has 2 aromatic heterocycles. The molecule has 0 bridgehead atoms. The molecule has 3 heterocycles. The standard InChI is InChI=1S/C23H24N4O2S/c1-3-25-10-12-26(13-11-25)22(28)17-6-9-20-21(14-17)30-23-24-19(15-27(20)23)16-4-7-18(29-2)8-5-16/h4-9,14-15H,3,10-13H2,1-2H3. The van der Waals surface area contributed by atoms with Gasteiger partial charge >= 0.3 is 0 Å². The summed E-state index contributed by atoms with van der Waals surface area (Å²) in [6.07, 6.45) is 2.06. The number of amides is 1. The van der Waals surface area contributed by atoms with E-state index in [1.54, 1.807) is 18.4 Å². The molecule has 0 saturated carbocycles. The van der Waals surface area contributed by atoms with Crippen molar-refractivity contribution < 1.29 is 9.53 Å². The smallest absolute Gasteiger partial charge is 0.253 e. The highest BCUT2D eigenvalue weighted by Gasteiger charge is 2.22. The molecule has 6 nitrogen and oxygen atoms in total. The number of hydrogen-bond acceptors (Lipinski definition) is 5. The number of likely N-dealkylation sites (N-methyl/N-ethyl adjacent to an activating group) is 1. The predicted octanol–water partition coefficient (Wildman–Crippen LogP) is 4.00. The summed E-state index contributed by atoms with van der Waals surface area (Å²) in [4.78, 5) is 23.0. The molecule has 0 unspecified atom stereocenters. The van der Waals surface area contributed by atoms with Crippen LogP contribution in [0.15, 0.2) is 48.7 Å². The van der Waals surface area contributed by atoms with Gasteiger partial charge < -0.3 is 14.5 Å². The van der Waals surface area contributed by atoms with Crippen molar-refractivity contribution in [3.63, 3.8) is 0 Å². The molecule has 0 N–H and O–H groups in total. The van der Waals surface area contributed by atoms with E-state index in [-0.39, 0.29) is 5.91 Å². The third kappa shape index (κ3) is 3.34. The first-order chi connectivity index (χ1) is 14.7. The summed E-state index contributed by atoms with van der Waals surface area (Å²) >= 11 is 1.62. The van der Waals surface area contributed by atoms with Crippen molar-refractivity contribution >= 4 is 32.4 Å². The van der Waals surface area contributed by atoms with Crippen molar-refractivity contribution in [3.05, 3.63) is 54.2 Å². The van der Waals surface area contributed by atoms with Crippen LogP contribution in [0.3, 0.4) is 0 Å². The molecule has 30 heavy (non-hydrogen) atoms.